The Bertz CT molecular complexity index is 446. The molecule has 0 amide bonds. The predicted octanol–water partition coefficient (Wildman–Crippen LogP) is 3.31. The van der Waals surface area contributed by atoms with Crippen molar-refractivity contribution in [2.45, 2.75) is 44.7 Å². The second-order valence-corrected chi connectivity index (χ2v) is 5.90. The first-order chi connectivity index (χ1) is 9.29. The second-order valence-electron chi connectivity index (χ2n) is 5.90. The number of benzene rings is 1. The van der Waals surface area contributed by atoms with Gasteiger partial charge in [0.25, 0.3) is 0 Å². The number of hydrogen-bond donors (Lipinski definition) is 1. The molecule has 3 rings (SSSR count). The largest absolute Gasteiger partial charge is 0.368 e. The maximum absolute atomic E-state index is 13.4. The molecule has 0 spiro atoms. The molecule has 1 aliphatic heterocycles. The van der Waals surface area contributed by atoms with Crippen molar-refractivity contribution in [3.63, 3.8) is 0 Å². The standard InChI is InChI=1S/C16H23FN2/c1-18-11-13-10-14(17)6-7-16(13)19-9-8-12-4-2-3-5-15(12)19/h6-7,10,12,15,18H,2-5,8-9,11H2,1H3. The van der Waals surface area contributed by atoms with E-state index in [1.54, 1.807) is 12.1 Å². The maximum Gasteiger partial charge on any atom is 0.123 e. The molecule has 3 heteroatoms. The zero-order chi connectivity index (χ0) is 13.2. The van der Waals surface area contributed by atoms with Crippen LogP contribution in [0, 0.1) is 11.7 Å². The summed E-state index contributed by atoms with van der Waals surface area (Å²) in [6.45, 7) is 1.87. The Morgan fingerprint density at radius 1 is 1.26 bits per heavy atom. The van der Waals surface area contributed by atoms with E-state index in [0.717, 1.165) is 24.6 Å². The highest BCUT2D eigenvalue weighted by atomic mass is 19.1. The van der Waals surface area contributed by atoms with Crippen molar-refractivity contribution in [3.8, 4) is 0 Å². The fraction of sp³-hybridized carbons (Fsp3) is 0.625. The van der Waals surface area contributed by atoms with E-state index in [2.05, 4.69) is 10.2 Å². The minimum atomic E-state index is -0.131. The van der Waals surface area contributed by atoms with Gasteiger partial charge in [-0.05, 0) is 56.0 Å². The van der Waals surface area contributed by atoms with Crippen LogP contribution in [0.25, 0.3) is 0 Å². The van der Waals surface area contributed by atoms with Crippen molar-refractivity contribution in [1.82, 2.24) is 5.32 Å². The fourth-order valence-corrected chi connectivity index (χ4v) is 3.87. The van der Waals surface area contributed by atoms with Gasteiger partial charge in [-0.25, -0.2) is 4.39 Å². The molecule has 0 radical (unpaired) electrons. The second kappa shape index (κ2) is 5.49. The molecule has 1 saturated carbocycles. The zero-order valence-electron chi connectivity index (χ0n) is 11.7. The number of fused-ring (bicyclic) bond motifs is 1. The van der Waals surface area contributed by atoms with E-state index in [1.807, 2.05) is 13.1 Å². The first-order valence-corrected chi connectivity index (χ1v) is 7.49. The Morgan fingerprint density at radius 2 is 2.11 bits per heavy atom. The van der Waals surface area contributed by atoms with Crippen LogP contribution in [0.15, 0.2) is 18.2 Å². The number of rotatable bonds is 3. The first kappa shape index (κ1) is 12.9. The van der Waals surface area contributed by atoms with Crippen molar-refractivity contribution in [2.75, 3.05) is 18.5 Å². The quantitative estimate of drug-likeness (QED) is 0.899. The van der Waals surface area contributed by atoms with Crippen LogP contribution in [0.3, 0.4) is 0 Å². The van der Waals surface area contributed by atoms with Gasteiger partial charge in [0, 0.05) is 24.8 Å². The topological polar surface area (TPSA) is 15.3 Å². The highest BCUT2D eigenvalue weighted by Gasteiger charge is 2.36. The van der Waals surface area contributed by atoms with Crippen LogP contribution in [0.5, 0.6) is 0 Å². The summed E-state index contributed by atoms with van der Waals surface area (Å²) in [5.74, 6) is 0.731. The van der Waals surface area contributed by atoms with E-state index in [1.165, 1.54) is 37.8 Å². The van der Waals surface area contributed by atoms with Gasteiger partial charge in [0.2, 0.25) is 0 Å². The minimum Gasteiger partial charge on any atom is -0.368 e. The van der Waals surface area contributed by atoms with Crippen LogP contribution in [-0.2, 0) is 6.54 Å². The van der Waals surface area contributed by atoms with E-state index in [9.17, 15) is 4.39 Å². The van der Waals surface area contributed by atoms with Crippen LogP contribution >= 0.6 is 0 Å². The van der Waals surface area contributed by atoms with Gasteiger partial charge in [-0.1, -0.05) is 12.8 Å². The van der Waals surface area contributed by atoms with Crippen molar-refractivity contribution in [2.24, 2.45) is 5.92 Å². The molecule has 2 atom stereocenters. The average Bonchev–Trinajstić information content (AvgIpc) is 2.83. The highest BCUT2D eigenvalue weighted by Crippen LogP contribution is 2.39. The van der Waals surface area contributed by atoms with Gasteiger partial charge in [0.05, 0.1) is 0 Å². The van der Waals surface area contributed by atoms with Gasteiger partial charge in [-0.2, -0.15) is 0 Å². The summed E-state index contributed by atoms with van der Waals surface area (Å²) >= 11 is 0. The van der Waals surface area contributed by atoms with Gasteiger partial charge in [0.1, 0.15) is 5.82 Å². The summed E-state index contributed by atoms with van der Waals surface area (Å²) in [5, 5.41) is 3.15. The van der Waals surface area contributed by atoms with E-state index < -0.39 is 0 Å². The Morgan fingerprint density at radius 3 is 2.95 bits per heavy atom. The zero-order valence-corrected chi connectivity index (χ0v) is 11.7. The SMILES string of the molecule is CNCc1cc(F)ccc1N1CCC2CCCCC21. The lowest BCUT2D eigenvalue weighted by molar-refractivity contribution is 0.342. The van der Waals surface area contributed by atoms with Crippen LogP contribution in [0.1, 0.15) is 37.7 Å². The molecule has 2 fully saturated rings. The molecular weight excluding hydrogens is 239 g/mol. The van der Waals surface area contributed by atoms with Crippen molar-refractivity contribution < 1.29 is 4.39 Å². The summed E-state index contributed by atoms with van der Waals surface area (Å²) in [5.41, 5.74) is 2.33. The van der Waals surface area contributed by atoms with Crippen LogP contribution in [0.2, 0.25) is 0 Å². The molecule has 1 aromatic rings. The predicted molar refractivity (Wildman–Crippen MR) is 76.9 cm³/mol. The summed E-state index contributed by atoms with van der Waals surface area (Å²) in [6, 6.07) is 5.95. The van der Waals surface area contributed by atoms with Crippen LogP contribution in [0.4, 0.5) is 10.1 Å². The molecule has 2 nitrogen and oxygen atoms in total. The lowest BCUT2D eigenvalue weighted by atomic mass is 9.85. The molecular formula is C16H23FN2. The van der Waals surface area contributed by atoms with Gasteiger partial charge >= 0.3 is 0 Å². The van der Waals surface area contributed by atoms with E-state index >= 15 is 0 Å². The number of nitrogens with one attached hydrogen (secondary N) is 1. The summed E-state index contributed by atoms with van der Waals surface area (Å²) in [7, 11) is 1.92. The molecule has 19 heavy (non-hydrogen) atoms. The van der Waals surface area contributed by atoms with Crippen LogP contribution < -0.4 is 10.2 Å². The lowest BCUT2D eigenvalue weighted by Crippen LogP contribution is -2.35. The molecule has 0 aromatic heterocycles. The van der Waals surface area contributed by atoms with E-state index in [-0.39, 0.29) is 5.82 Å². The Labute approximate surface area is 115 Å². The third-order valence-corrected chi connectivity index (χ3v) is 4.73. The number of hydrogen-bond acceptors (Lipinski definition) is 2. The lowest BCUT2D eigenvalue weighted by Gasteiger charge is -2.34. The third kappa shape index (κ3) is 2.48. The Kier molecular flexibility index (Phi) is 3.74. The maximum atomic E-state index is 13.4. The minimum absolute atomic E-state index is 0.131. The summed E-state index contributed by atoms with van der Waals surface area (Å²) < 4.78 is 13.4. The molecule has 1 saturated heterocycles. The number of anilines is 1. The van der Waals surface area contributed by atoms with Gasteiger partial charge in [0.15, 0.2) is 0 Å². The Balaban J connectivity index is 1.89. The Hall–Kier alpha value is -1.09. The molecule has 104 valence electrons. The smallest absolute Gasteiger partial charge is 0.123 e. The van der Waals surface area contributed by atoms with Crippen molar-refractivity contribution in [3.05, 3.63) is 29.6 Å². The first-order valence-electron chi connectivity index (χ1n) is 7.49. The molecule has 1 heterocycles. The van der Waals surface area contributed by atoms with E-state index in [4.69, 9.17) is 0 Å². The summed E-state index contributed by atoms with van der Waals surface area (Å²) in [6.07, 6.45) is 6.73. The monoisotopic (exact) mass is 262 g/mol. The summed E-state index contributed by atoms with van der Waals surface area (Å²) in [4.78, 5) is 2.54. The number of halogens is 1. The molecule has 1 N–H and O–H groups in total. The normalized spacial score (nSPS) is 26.5. The van der Waals surface area contributed by atoms with Gasteiger partial charge in [-0.3, -0.25) is 0 Å². The molecule has 0 bridgehead atoms. The van der Waals surface area contributed by atoms with Crippen molar-refractivity contribution >= 4 is 5.69 Å². The van der Waals surface area contributed by atoms with Crippen molar-refractivity contribution in [1.29, 1.82) is 0 Å². The van der Waals surface area contributed by atoms with Gasteiger partial charge in [-0.15, -0.1) is 0 Å². The van der Waals surface area contributed by atoms with Gasteiger partial charge < -0.3 is 10.2 Å². The molecule has 1 aromatic carbocycles. The average molecular weight is 262 g/mol. The molecule has 2 unspecified atom stereocenters. The highest BCUT2D eigenvalue weighted by molar-refractivity contribution is 5.55. The number of nitrogens with zero attached hydrogens (tertiary/aromatic N) is 1. The third-order valence-electron chi connectivity index (χ3n) is 4.73. The van der Waals surface area contributed by atoms with Crippen LogP contribution in [-0.4, -0.2) is 19.6 Å². The van der Waals surface area contributed by atoms with E-state index in [0.29, 0.717) is 6.04 Å². The fourth-order valence-electron chi connectivity index (χ4n) is 3.87. The molecule has 1 aliphatic carbocycles. The molecule has 2 aliphatic rings.